The molecular formula is C9H17NO. The minimum atomic E-state index is 0.450. The van der Waals surface area contributed by atoms with Gasteiger partial charge in [-0.15, -0.1) is 0 Å². The van der Waals surface area contributed by atoms with Crippen molar-refractivity contribution in [2.24, 2.45) is 0 Å². The second kappa shape index (κ2) is 4.94. The highest BCUT2D eigenvalue weighted by Gasteiger charge is 2.06. The van der Waals surface area contributed by atoms with E-state index in [1.54, 1.807) is 0 Å². The van der Waals surface area contributed by atoms with Crippen molar-refractivity contribution in [3.8, 4) is 0 Å². The van der Waals surface area contributed by atoms with E-state index in [0.29, 0.717) is 12.1 Å². The van der Waals surface area contributed by atoms with Crippen molar-refractivity contribution in [1.29, 1.82) is 0 Å². The van der Waals surface area contributed by atoms with Gasteiger partial charge in [0, 0.05) is 18.3 Å². The Labute approximate surface area is 68.9 Å². The van der Waals surface area contributed by atoms with Crippen LogP contribution in [0.25, 0.3) is 0 Å². The summed E-state index contributed by atoms with van der Waals surface area (Å²) in [6, 6.07) is 0.900. The third-order valence-corrected chi connectivity index (χ3v) is 1.53. The minimum Gasteiger partial charge on any atom is -0.372 e. The highest BCUT2D eigenvalue weighted by atomic mass is 16.1. The maximum Gasteiger partial charge on any atom is 0.144 e. The molecule has 0 aromatic carbocycles. The van der Waals surface area contributed by atoms with Crippen LogP contribution < -0.4 is 0 Å². The first-order chi connectivity index (χ1) is 5.09. The lowest BCUT2D eigenvalue weighted by Crippen LogP contribution is -2.31. The Morgan fingerprint density at radius 1 is 1.09 bits per heavy atom. The summed E-state index contributed by atoms with van der Waals surface area (Å²) >= 11 is 0. The van der Waals surface area contributed by atoms with Crippen LogP contribution in [0, 0.1) is 0 Å². The molecule has 0 saturated carbocycles. The summed E-state index contributed by atoms with van der Waals surface area (Å²) in [4.78, 5) is 12.2. The fourth-order valence-corrected chi connectivity index (χ4v) is 1.08. The summed E-state index contributed by atoms with van der Waals surface area (Å²) in [5.74, 6) is 0. The van der Waals surface area contributed by atoms with Crippen molar-refractivity contribution < 1.29 is 4.79 Å². The predicted molar refractivity (Wildman–Crippen MR) is 47.3 cm³/mol. The van der Waals surface area contributed by atoms with Gasteiger partial charge in [-0.3, -0.25) is 4.79 Å². The van der Waals surface area contributed by atoms with E-state index < -0.39 is 0 Å². The smallest absolute Gasteiger partial charge is 0.144 e. The third-order valence-electron chi connectivity index (χ3n) is 1.53. The van der Waals surface area contributed by atoms with Gasteiger partial charge >= 0.3 is 0 Å². The van der Waals surface area contributed by atoms with Crippen LogP contribution >= 0.6 is 0 Å². The van der Waals surface area contributed by atoms with E-state index in [1.807, 2.05) is 6.20 Å². The Hall–Kier alpha value is -0.790. The average molecular weight is 155 g/mol. The van der Waals surface area contributed by atoms with E-state index in [9.17, 15) is 4.79 Å². The summed E-state index contributed by atoms with van der Waals surface area (Å²) in [6.07, 6.45) is 4.17. The van der Waals surface area contributed by atoms with Gasteiger partial charge in [0.2, 0.25) is 0 Å². The van der Waals surface area contributed by atoms with Gasteiger partial charge in [-0.2, -0.15) is 0 Å². The fourth-order valence-electron chi connectivity index (χ4n) is 1.08. The number of carbonyl (C=O) groups is 1. The van der Waals surface area contributed by atoms with Gasteiger partial charge in [-0.25, -0.2) is 0 Å². The Morgan fingerprint density at radius 3 is 1.82 bits per heavy atom. The molecular weight excluding hydrogens is 138 g/mol. The monoisotopic (exact) mass is 155 g/mol. The molecule has 0 radical (unpaired) electrons. The molecule has 0 N–H and O–H groups in total. The van der Waals surface area contributed by atoms with Crippen molar-refractivity contribution in [3.05, 3.63) is 12.3 Å². The molecule has 0 bridgehead atoms. The largest absolute Gasteiger partial charge is 0.372 e. The first-order valence-electron chi connectivity index (χ1n) is 3.99. The Morgan fingerprint density at radius 2 is 1.55 bits per heavy atom. The van der Waals surface area contributed by atoms with E-state index in [1.165, 1.54) is 6.08 Å². The second-order valence-corrected chi connectivity index (χ2v) is 3.11. The van der Waals surface area contributed by atoms with Crippen LogP contribution in [0.2, 0.25) is 0 Å². The number of hydrogen-bond acceptors (Lipinski definition) is 2. The highest BCUT2D eigenvalue weighted by molar-refractivity contribution is 5.64. The van der Waals surface area contributed by atoms with Gasteiger partial charge in [0.25, 0.3) is 0 Å². The molecule has 64 valence electrons. The van der Waals surface area contributed by atoms with E-state index in [-0.39, 0.29) is 0 Å². The van der Waals surface area contributed by atoms with Crippen molar-refractivity contribution >= 4 is 6.29 Å². The number of aldehydes is 1. The minimum absolute atomic E-state index is 0.450. The van der Waals surface area contributed by atoms with Crippen molar-refractivity contribution in [2.45, 2.75) is 39.8 Å². The lowest BCUT2D eigenvalue weighted by atomic mass is 10.2. The highest BCUT2D eigenvalue weighted by Crippen LogP contribution is 2.04. The van der Waals surface area contributed by atoms with Gasteiger partial charge in [0.15, 0.2) is 0 Å². The van der Waals surface area contributed by atoms with Gasteiger partial charge in [-0.1, -0.05) is 0 Å². The molecule has 0 aliphatic carbocycles. The number of carbonyl (C=O) groups excluding carboxylic acids is 1. The van der Waals surface area contributed by atoms with Crippen LogP contribution in [-0.4, -0.2) is 23.3 Å². The third kappa shape index (κ3) is 3.81. The van der Waals surface area contributed by atoms with Crippen molar-refractivity contribution in [2.75, 3.05) is 0 Å². The van der Waals surface area contributed by atoms with Crippen LogP contribution in [0.3, 0.4) is 0 Å². The zero-order valence-corrected chi connectivity index (χ0v) is 7.74. The lowest BCUT2D eigenvalue weighted by molar-refractivity contribution is -0.104. The quantitative estimate of drug-likeness (QED) is 0.456. The Balaban J connectivity index is 4.10. The van der Waals surface area contributed by atoms with Crippen LogP contribution in [0.5, 0.6) is 0 Å². The molecule has 2 nitrogen and oxygen atoms in total. The normalized spacial score (nSPS) is 11.5. The van der Waals surface area contributed by atoms with E-state index in [2.05, 4.69) is 32.6 Å². The SMILES string of the molecule is CC(C)N(/C=C/C=O)C(C)C. The number of nitrogens with zero attached hydrogens (tertiary/aromatic N) is 1. The zero-order valence-electron chi connectivity index (χ0n) is 7.74. The van der Waals surface area contributed by atoms with Crippen LogP contribution in [-0.2, 0) is 4.79 Å². The topological polar surface area (TPSA) is 20.3 Å². The summed E-state index contributed by atoms with van der Waals surface area (Å²) in [5.41, 5.74) is 0. The van der Waals surface area contributed by atoms with Crippen LogP contribution in [0.15, 0.2) is 12.3 Å². The van der Waals surface area contributed by atoms with Gasteiger partial charge in [0.05, 0.1) is 0 Å². The molecule has 11 heavy (non-hydrogen) atoms. The van der Waals surface area contributed by atoms with Gasteiger partial charge in [-0.05, 0) is 33.8 Å². The summed E-state index contributed by atoms with van der Waals surface area (Å²) in [6.45, 7) is 8.43. The molecule has 0 amide bonds. The standard InChI is InChI=1S/C9H17NO/c1-8(2)10(9(3)4)6-5-7-11/h5-9H,1-4H3/b6-5+. The van der Waals surface area contributed by atoms with Crippen molar-refractivity contribution in [3.63, 3.8) is 0 Å². The maximum absolute atomic E-state index is 10.0. The molecule has 0 saturated heterocycles. The molecule has 0 rings (SSSR count). The van der Waals surface area contributed by atoms with Crippen molar-refractivity contribution in [1.82, 2.24) is 4.90 Å². The Bertz CT molecular complexity index is 130. The number of hydrogen-bond donors (Lipinski definition) is 0. The summed E-state index contributed by atoms with van der Waals surface area (Å²) in [5, 5.41) is 0. The second-order valence-electron chi connectivity index (χ2n) is 3.11. The van der Waals surface area contributed by atoms with E-state index in [4.69, 9.17) is 0 Å². The molecule has 2 heteroatoms. The molecule has 0 aliphatic heterocycles. The molecule has 0 spiro atoms. The van der Waals surface area contributed by atoms with Crippen LogP contribution in [0.1, 0.15) is 27.7 Å². The first kappa shape index (κ1) is 10.2. The molecule has 0 heterocycles. The summed E-state index contributed by atoms with van der Waals surface area (Å²) < 4.78 is 0. The average Bonchev–Trinajstić information content (AvgIpc) is 1.87. The predicted octanol–water partition coefficient (Wildman–Crippen LogP) is 1.82. The number of rotatable bonds is 4. The van der Waals surface area contributed by atoms with E-state index >= 15 is 0 Å². The molecule has 0 aromatic rings. The fraction of sp³-hybridized carbons (Fsp3) is 0.667. The maximum atomic E-state index is 10.0. The molecule has 0 aliphatic rings. The van der Waals surface area contributed by atoms with Gasteiger partial charge in [0.1, 0.15) is 6.29 Å². The zero-order chi connectivity index (χ0) is 8.85. The van der Waals surface area contributed by atoms with Crippen LogP contribution in [0.4, 0.5) is 0 Å². The summed E-state index contributed by atoms with van der Waals surface area (Å²) in [7, 11) is 0. The molecule has 0 atom stereocenters. The lowest BCUT2D eigenvalue weighted by Gasteiger charge is -2.28. The molecule has 0 aromatic heterocycles. The van der Waals surface area contributed by atoms with Gasteiger partial charge < -0.3 is 4.90 Å². The Kier molecular flexibility index (Phi) is 4.59. The number of allylic oxidation sites excluding steroid dienone is 1. The first-order valence-corrected chi connectivity index (χ1v) is 3.99. The molecule has 0 fully saturated rings. The molecule has 0 unspecified atom stereocenters. The van der Waals surface area contributed by atoms with E-state index in [0.717, 1.165) is 6.29 Å².